The molecular formula is C18H19FN2O2S. The Hall–Kier alpha value is -2.34. The third-order valence-electron chi connectivity index (χ3n) is 3.18. The quantitative estimate of drug-likeness (QED) is 0.755. The lowest BCUT2D eigenvalue weighted by atomic mass is 10.2. The second kappa shape index (κ2) is 9.72. The summed E-state index contributed by atoms with van der Waals surface area (Å²) in [4.78, 5) is 23.3. The molecule has 2 aromatic rings. The van der Waals surface area contributed by atoms with Gasteiger partial charge in [0.05, 0.1) is 0 Å². The Morgan fingerprint density at radius 1 is 1.00 bits per heavy atom. The highest BCUT2D eigenvalue weighted by atomic mass is 32.2. The van der Waals surface area contributed by atoms with Crippen LogP contribution in [0.4, 0.5) is 9.18 Å². The first kappa shape index (κ1) is 18.0. The maximum atomic E-state index is 13.0. The molecule has 0 aliphatic rings. The number of urea groups is 1. The molecule has 0 saturated carbocycles. The second-order valence-corrected chi connectivity index (χ2v) is 6.25. The van der Waals surface area contributed by atoms with Gasteiger partial charge < -0.3 is 5.32 Å². The lowest BCUT2D eigenvalue weighted by molar-refractivity contribution is -0.119. The number of imide groups is 1. The number of thioether (sulfide) groups is 1. The Balaban J connectivity index is 1.59. The summed E-state index contributed by atoms with van der Waals surface area (Å²) >= 11 is 1.52. The van der Waals surface area contributed by atoms with Crippen molar-refractivity contribution in [2.75, 3.05) is 5.75 Å². The Labute approximate surface area is 144 Å². The van der Waals surface area contributed by atoms with Crippen molar-refractivity contribution >= 4 is 23.7 Å². The fourth-order valence-corrected chi connectivity index (χ4v) is 2.88. The van der Waals surface area contributed by atoms with Crippen LogP contribution in [0.5, 0.6) is 0 Å². The van der Waals surface area contributed by atoms with Crippen molar-refractivity contribution in [3.8, 4) is 0 Å². The molecule has 0 heterocycles. The minimum Gasteiger partial charge on any atom is -0.334 e. The molecule has 0 unspecified atom stereocenters. The molecule has 0 aliphatic heterocycles. The van der Waals surface area contributed by atoms with Gasteiger partial charge in [0.25, 0.3) is 0 Å². The molecule has 2 aromatic carbocycles. The number of carbonyl (C=O) groups excluding carboxylic acids is 2. The fraction of sp³-hybridized carbons (Fsp3) is 0.222. The molecule has 0 fully saturated rings. The maximum Gasteiger partial charge on any atom is 0.321 e. The van der Waals surface area contributed by atoms with Crippen molar-refractivity contribution in [3.63, 3.8) is 0 Å². The Morgan fingerprint density at radius 2 is 1.75 bits per heavy atom. The minimum atomic E-state index is -0.501. The topological polar surface area (TPSA) is 58.2 Å². The van der Waals surface area contributed by atoms with E-state index in [0.29, 0.717) is 18.1 Å². The van der Waals surface area contributed by atoms with E-state index in [1.54, 1.807) is 6.07 Å². The van der Waals surface area contributed by atoms with Crippen LogP contribution in [0.1, 0.15) is 17.5 Å². The number of halogens is 1. The number of hydrogen-bond donors (Lipinski definition) is 2. The van der Waals surface area contributed by atoms with Crippen molar-refractivity contribution in [1.29, 1.82) is 0 Å². The van der Waals surface area contributed by atoms with Crippen molar-refractivity contribution in [3.05, 3.63) is 71.5 Å². The molecule has 0 aliphatic carbocycles. The van der Waals surface area contributed by atoms with Crippen molar-refractivity contribution in [2.24, 2.45) is 0 Å². The molecule has 24 heavy (non-hydrogen) atoms. The summed E-state index contributed by atoms with van der Waals surface area (Å²) in [6, 6.07) is 15.3. The summed E-state index contributed by atoms with van der Waals surface area (Å²) in [5.41, 5.74) is 1.84. The normalized spacial score (nSPS) is 10.2. The van der Waals surface area contributed by atoms with E-state index in [0.717, 1.165) is 11.1 Å². The second-order valence-electron chi connectivity index (χ2n) is 5.15. The third kappa shape index (κ3) is 6.83. The van der Waals surface area contributed by atoms with Crippen LogP contribution in [0.25, 0.3) is 0 Å². The molecule has 0 aromatic heterocycles. The van der Waals surface area contributed by atoms with E-state index in [9.17, 15) is 14.0 Å². The van der Waals surface area contributed by atoms with Crippen LogP contribution in [-0.2, 0) is 17.1 Å². The molecule has 2 rings (SSSR count). The van der Waals surface area contributed by atoms with Gasteiger partial charge in [0.15, 0.2) is 0 Å². The van der Waals surface area contributed by atoms with Crippen LogP contribution in [-0.4, -0.2) is 17.7 Å². The molecule has 0 bridgehead atoms. The minimum absolute atomic E-state index is 0.235. The lowest BCUT2D eigenvalue weighted by Gasteiger charge is -2.07. The molecule has 3 amide bonds. The van der Waals surface area contributed by atoms with Crippen LogP contribution >= 0.6 is 11.8 Å². The lowest BCUT2D eigenvalue weighted by Crippen LogP contribution is -2.39. The van der Waals surface area contributed by atoms with Crippen LogP contribution in [0.3, 0.4) is 0 Å². The first-order chi connectivity index (χ1) is 11.6. The number of carbonyl (C=O) groups is 2. The molecule has 6 heteroatoms. The number of rotatable bonds is 7. The van der Waals surface area contributed by atoms with Crippen LogP contribution in [0.2, 0.25) is 0 Å². The number of nitrogens with one attached hydrogen (secondary N) is 2. The van der Waals surface area contributed by atoms with Gasteiger partial charge in [-0.2, -0.15) is 11.8 Å². The molecule has 126 valence electrons. The van der Waals surface area contributed by atoms with Crippen molar-refractivity contribution in [2.45, 2.75) is 18.7 Å². The molecule has 0 saturated heterocycles. The fourth-order valence-electron chi connectivity index (χ4n) is 1.99. The zero-order valence-electron chi connectivity index (χ0n) is 13.1. The smallest absolute Gasteiger partial charge is 0.321 e. The van der Waals surface area contributed by atoms with Gasteiger partial charge in [-0.25, -0.2) is 9.18 Å². The van der Waals surface area contributed by atoms with E-state index in [-0.39, 0.29) is 18.1 Å². The van der Waals surface area contributed by atoms with Crippen molar-refractivity contribution in [1.82, 2.24) is 10.6 Å². The summed E-state index contributed by atoms with van der Waals surface area (Å²) < 4.78 is 13.0. The number of hydrogen-bond acceptors (Lipinski definition) is 3. The molecule has 4 nitrogen and oxygen atoms in total. The average Bonchev–Trinajstić information content (AvgIpc) is 2.58. The summed E-state index contributed by atoms with van der Waals surface area (Å²) in [5, 5.41) is 4.93. The maximum absolute atomic E-state index is 13.0. The SMILES string of the molecule is O=C(CCSCc1cccc(F)c1)NC(=O)NCc1ccccc1. The van der Waals surface area contributed by atoms with Gasteiger partial charge in [0.2, 0.25) is 5.91 Å². The van der Waals surface area contributed by atoms with Gasteiger partial charge in [-0.05, 0) is 23.3 Å². The van der Waals surface area contributed by atoms with Crippen LogP contribution in [0.15, 0.2) is 54.6 Å². The highest BCUT2D eigenvalue weighted by Crippen LogP contribution is 2.13. The zero-order chi connectivity index (χ0) is 17.2. The van der Waals surface area contributed by atoms with Gasteiger partial charge in [0, 0.05) is 24.5 Å². The number of amides is 3. The number of benzene rings is 2. The van der Waals surface area contributed by atoms with E-state index in [2.05, 4.69) is 10.6 Å². The molecular weight excluding hydrogens is 327 g/mol. The predicted molar refractivity (Wildman–Crippen MR) is 94.0 cm³/mol. The van der Waals surface area contributed by atoms with Gasteiger partial charge in [-0.3, -0.25) is 10.1 Å². The Bertz CT molecular complexity index is 680. The highest BCUT2D eigenvalue weighted by molar-refractivity contribution is 7.98. The molecule has 0 radical (unpaired) electrons. The zero-order valence-corrected chi connectivity index (χ0v) is 13.9. The standard InChI is InChI=1S/C18H19FN2O2S/c19-16-8-4-7-15(11-16)13-24-10-9-17(22)21-18(23)20-12-14-5-2-1-3-6-14/h1-8,11H,9-10,12-13H2,(H2,20,21,22,23). The summed E-state index contributed by atoms with van der Waals surface area (Å²) in [6.45, 7) is 0.369. The molecule has 0 atom stereocenters. The first-order valence-electron chi connectivity index (χ1n) is 7.57. The van der Waals surface area contributed by atoms with E-state index < -0.39 is 6.03 Å². The van der Waals surface area contributed by atoms with Gasteiger partial charge in [-0.1, -0.05) is 42.5 Å². The largest absolute Gasteiger partial charge is 0.334 e. The first-order valence-corrected chi connectivity index (χ1v) is 8.73. The van der Waals surface area contributed by atoms with Crippen molar-refractivity contribution < 1.29 is 14.0 Å². The molecule has 2 N–H and O–H groups in total. The van der Waals surface area contributed by atoms with Gasteiger partial charge in [-0.15, -0.1) is 0 Å². The van der Waals surface area contributed by atoms with Gasteiger partial charge >= 0.3 is 6.03 Å². The molecule has 0 spiro atoms. The average molecular weight is 346 g/mol. The Kier molecular flexibility index (Phi) is 7.29. The highest BCUT2D eigenvalue weighted by Gasteiger charge is 2.07. The summed E-state index contributed by atoms with van der Waals surface area (Å²) in [5.74, 6) is 0.604. The van der Waals surface area contributed by atoms with Gasteiger partial charge in [0.1, 0.15) is 5.82 Å². The Morgan fingerprint density at radius 3 is 2.50 bits per heavy atom. The van der Waals surface area contributed by atoms with E-state index in [4.69, 9.17) is 0 Å². The summed E-state index contributed by atoms with van der Waals surface area (Å²) in [6.07, 6.45) is 0.235. The third-order valence-corrected chi connectivity index (χ3v) is 4.21. The van der Waals surface area contributed by atoms with Crippen LogP contribution in [0, 0.1) is 5.82 Å². The predicted octanol–water partition coefficient (Wildman–Crippen LogP) is 3.48. The van der Waals surface area contributed by atoms with E-state index in [1.165, 1.54) is 23.9 Å². The summed E-state index contributed by atoms with van der Waals surface area (Å²) in [7, 11) is 0. The van der Waals surface area contributed by atoms with E-state index >= 15 is 0 Å². The monoisotopic (exact) mass is 346 g/mol. The van der Waals surface area contributed by atoms with E-state index in [1.807, 2.05) is 36.4 Å². The van der Waals surface area contributed by atoms with Crippen LogP contribution < -0.4 is 10.6 Å².